The van der Waals surface area contributed by atoms with Crippen molar-refractivity contribution in [3.63, 3.8) is 0 Å². The maximum absolute atomic E-state index is 13.3. The molecule has 0 bridgehead atoms. The van der Waals surface area contributed by atoms with Gasteiger partial charge in [0.05, 0.1) is 24.1 Å². The largest absolute Gasteiger partial charge is 0.465 e. The van der Waals surface area contributed by atoms with E-state index in [1.54, 1.807) is 18.2 Å². The molecule has 2 aromatic rings. The van der Waals surface area contributed by atoms with Gasteiger partial charge < -0.3 is 10.1 Å². The number of ether oxygens (including phenoxy) is 1. The molecule has 120 valence electrons. The van der Waals surface area contributed by atoms with E-state index in [4.69, 9.17) is 11.6 Å². The molecule has 0 aliphatic carbocycles. The molecule has 4 nitrogen and oxygen atoms in total. The Bertz CT molecular complexity index is 767. The summed E-state index contributed by atoms with van der Waals surface area (Å²) in [5, 5.41) is 2.59. The number of anilines is 1. The zero-order valence-electron chi connectivity index (χ0n) is 12.0. The molecule has 0 atom stereocenters. The van der Waals surface area contributed by atoms with Crippen LogP contribution in [0.3, 0.4) is 0 Å². The quantitative estimate of drug-likeness (QED) is 0.782. The molecular formula is C16H12BrClFNO3. The molecule has 0 saturated carbocycles. The van der Waals surface area contributed by atoms with Crippen LogP contribution in [-0.4, -0.2) is 19.0 Å². The van der Waals surface area contributed by atoms with Crippen LogP contribution in [0, 0.1) is 5.82 Å². The fraction of sp³-hybridized carbons (Fsp3) is 0.125. The summed E-state index contributed by atoms with van der Waals surface area (Å²) in [6.07, 6.45) is -0.0625. The lowest BCUT2D eigenvalue weighted by Gasteiger charge is -2.09. The fourth-order valence-corrected chi connectivity index (χ4v) is 2.66. The first-order chi connectivity index (χ1) is 10.9. The van der Waals surface area contributed by atoms with Crippen molar-refractivity contribution in [2.75, 3.05) is 12.4 Å². The predicted octanol–water partition coefficient (Wildman–Crippen LogP) is 4.21. The molecule has 1 N–H and O–H groups in total. The maximum atomic E-state index is 13.3. The molecule has 0 aliphatic rings. The van der Waals surface area contributed by atoms with Gasteiger partial charge in [0.2, 0.25) is 5.91 Å². The predicted molar refractivity (Wildman–Crippen MR) is 89.2 cm³/mol. The van der Waals surface area contributed by atoms with Gasteiger partial charge in [-0.1, -0.05) is 23.7 Å². The normalized spacial score (nSPS) is 10.3. The number of carbonyl (C=O) groups excluding carboxylic acids is 2. The molecule has 0 fully saturated rings. The molecule has 0 saturated heterocycles. The molecule has 7 heteroatoms. The summed E-state index contributed by atoms with van der Waals surface area (Å²) in [7, 11) is 1.28. The molecule has 0 spiro atoms. The van der Waals surface area contributed by atoms with Crippen molar-refractivity contribution in [3.05, 3.63) is 62.8 Å². The van der Waals surface area contributed by atoms with Gasteiger partial charge in [-0.3, -0.25) is 4.79 Å². The van der Waals surface area contributed by atoms with Crippen molar-refractivity contribution >= 4 is 45.1 Å². The summed E-state index contributed by atoms with van der Waals surface area (Å²) in [6, 6.07) is 8.99. The van der Waals surface area contributed by atoms with Crippen LogP contribution in [-0.2, 0) is 16.0 Å². The van der Waals surface area contributed by atoms with Gasteiger partial charge in [0, 0.05) is 10.2 Å². The highest BCUT2D eigenvalue weighted by Crippen LogP contribution is 2.23. The highest BCUT2D eigenvalue weighted by atomic mass is 79.9. The number of halogens is 3. The van der Waals surface area contributed by atoms with E-state index in [9.17, 15) is 14.0 Å². The Hall–Kier alpha value is -1.92. The lowest BCUT2D eigenvalue weighted by molar-refractivity contribution is -0.115. The van der Waals surface area contributed by atoms with E-state index >= 15 is 0 Å². The van der Waals surface area contributed by atoms with Crippen LogP contribution in [0.25, 0.3) is 0 Å². The van der Waals surface area contributed by atoms with Crippen LogP contribution in [0.1, 0.15) is 15.9 Å². The number of methoxy groups -OCH3 is 1. The third-order valence-electron chi connectivity index (χ3n) is 3.04. The van der Waals surface area contributed by atoms with Crippen molar-refractivity contribution in [2.24, 2.45) is 0 Å². The second-order valence-corrected chi connectivity index (χ2v) is 5.86. The van der Waals surface area contributed by atoms with Crippen molar-refractivity contribution in [1.29, 1.82) is 0 Å². The van der Waals surface area contributed by atoms with Gasteiger partial charge in [0.15, 0.2) is 0 Å². The summed E-state index contributed by atoms with van der Waals surface area (Å²) in [5.74, 6) is -1.40. The van der Waals surface area contributed by atoms with Crippen molar-refractivity contribution in [2.45, 2.75) is 6.42 Å². The Kier molecular flexibility index (Phi) is 5.74. The van der Waals surface area contributed by atoms with Gasteiger partial charge in [0.25, 0.3) is 0 Å². The van der Waals surface area contributed by atoms with Crippen molar-refractivity contribution in [1.82, 2.24) is 0 Å². The van der Waals surface area contributed by atoms with E-state index < -0.39 is 11.8 Å². The highest BCUT2D eigenvalue weighted by molar-refractivity contribution is 9.10. The van der Waals surface area contributed by atoms with Gasteiger partial charge in [-0.15, -0.1) is 0 Å². The third kappa shape index (κ3) is 4.30. The van der Waals surface area contributed by atoms with Crippen molar-refractivity contribution < 1.29 is 18.7 Å². The molecule has 0 aliphatic heterocycles. The minimum Gasteiger partial charge on any atom is -0.465 e. The topological polar surface area (TPSA) is 55.4 Å². The number of carbonyl (C=O) groups is 2. The van der Waals surface area contributed by atoms with Crippen LogP contribution >= 0.6 is 27.5 Å². The maximum Gasteiger partial charge on any atom is 0.339 e. The lowest BCUT2D eigenvalue weighted by atomic mass is 10.1. The molecule has 0 unspecified atom stereocenters. The number of rotatable bonds is 4. The van der Waals surface area contributed by atoms with E-state index in [2.05, 4.69) is 26.0 Å². The molecule has 2 aromatic carbocycles. The standard InChI is InChI=1S/C16H12BrClFNO3/c1-23-16(22)11-6-5-10(8-12(11)17)20-14(21)7-9-3-2-4-13(19)15(9)18/h2-6,8H,7H2,1H3,(H,20,21). The van der Waals surface area contributed by atoms with Gasteiger partial charge in [0.1, 0.15) is 5.82 Å². The Balaban J connectivity index is 2.10. The molecular weight excluding hydrogens is 389 g/mol. The van der Waals surface area contributed by atoms with E-state index in [0.717, 1.165) is 0 Å². The number of hydrogen-bond donors (Lipinski definition) is 1. The fourth-order valence-electron chi connectivity index (χ4n) is 1.93. The Morgan fingerprint density at radius 2 is 2.04 bits per heavy atom. The Morgan fingerprint density at radius 3 is 2.70 bits per heavy atom. The molecule has 2 rings (SSSR count). The second-order valence-electron chi connectivity index (χ2n) is 4.62. The molecule has 0 heterocycles. The van der Waals surface area contributed by atoms with E-state index in [-0.39, 0.29) is 17.4 Å². The zero-order valence-corrected chi connectivity index (χ0v) is 14.4. The summed E-state index contributed by atoms with van der Waals surface area (Å²) in [4.78, 5) is 23.5. The summed E-state index contributed by atoms with van der Waals surface area (Å²) in [6.45, 7) is 0. The summed E-state index contributed by atoms with van der Waals surface area (Å²) >= 11 is 9.07. The molecule has 0 aromatic heterocycles. The van der Waals surface area contributed by atoms with Gasteiger partial charge in [-0.05, 0) is 45.8 Å². The van der Waals surface area contributed by atoms with Gasteiger partial charge in [-0.2, -0.15) is 0 Å². The van der Waals surface area contributed by atoms with Crippen LogP contribution < -0.4 is 5.32 Å². The number of hydrogen-bond acceptors (Lipinski definition) is 3. The molecule has 0 radical (unpaired) electrons. The second kappa shape index (κ2) is 7.57. The first-order valence-corrected chi connectivity index (χ1v) is 7.70. The monoisotopic (exact) mass is 399 g/mol. The summed E-state index contributed by atoms with van der Waals surface area (Å²) < 4.78 is 18.5. The average molecular weight is 401 g/mol. The first kappa shape index (κ1) is 17.4. The zero-order chi connectivity index (χ0) is 17.0. The summed E-state index contributed by atoms with van der Waals surface area (Å²) in [5.41, 5.74) is 1.23. The minimum absolute atomic E-state index is 0.0625. The van der Waals surface area contributed by atoms with Gasteiger partial charge >= 0.3 is 5.97 Å². The lowest BCUT2D eigenvalue weighted by Crippen LogP contribution is -2.15. The van der Waals surface area contributed by atoms with Crippen LogP contribution in [0.2, 0.25) is 5.02 Å². The molecule has 23 heavy (non-hydrogen) atoms. The Morgan fingerprint density at radius 1 is 1.30 bits per heavy atom. The van der Waals surface area contributed by atoms with E-state index in [1.807, 2.05) is 0 Å². The van der Waals surface area contributed by atoms with Crippen LogP contribution in [0.15, 0.2) is 40.9 Å². The van der Waals surface area contributed by atoms with E-state index in [1.165, 1.54) is 25.3 Å². The third-order valence-corrected chi connectivity index (χ3v) is 4.12. The first-order valence-electron chi connectivity index (χ1n) is 6.53. The number of benzene rings is 2. The smallest absolute Gasteiger partial charge is 0.339 e. The number of nitrogens with one attached hydrogen (secondary N) is 1. The number of esters is 1. The highest BCUT2D eigenvalue weighted by Gasteiger charge is 2.13. The van der Waals surface area contributed by atoms with Crippen LogP contribution in [0.5, 0.6) is 0 Å². The Labute approximate surface area is 145 Å². The van der Waals surface area contributed by atoms with E-state index in [0.29, 0.717) is 21.3 Å². The van der Waals surface area contributed by atoms with Gasteiger partial charge in [-0.25, -0.2) is 9.18 Å². The minimum atomic E-state index is -0.567. The van der Waals surface area contributed by atoms with Crippen molar-refractivity contribution in [3.8, 4) is 0 Å². The molecule has 1 amide bonds. The number of amides is 1. The SMILES string of the molecule is COC(=O)c1ccc(NC(=O)Cc2cccc(F)c2Cl)cc1Br. The average Bonchev–Trinajstić information content (AvgIpc) is 2.51. The van der Waals surface area contributed by atoms with Crippen LogP contribution in [0.4, 0.5) is 10.1 Å².